The lowest BCUT2D eigenvalue weighted by molar-refractivity contribution is 0.620. The van der Waals surface area contributed by atoms with E-state index in [9.17, 15) is 5.26 Å². The summed E-state index contributed by atoms with van der Waals surface area (Å²) in [7, 11) is 0. The van der Waals surface area contributed by atoms with Gasteiger partial charge in [0.1, 0.15) is 5.52 Å². The van der Waals surface area contributed by atoms with Crippen LogP contribution in [-0.4, -0.2) is 19.9 Å². The Bertz CT molecular complexity index is 9710. The summed E-state index contributed by atoms with van der Waals surface area (Å²) in [6, 6.07) is 174. The average Bonchev–Trinajstić information content (AvgIpc) is 0.952. The number of nitrogens with zero attached hydrogens (tertiary/aromatic N) is 6. The third kappa shape index (κ3) is 15.4. The van der Waals surface area contributed by atoms with Gasteiger partial charge in [0.25, 0.3) is 0 Å². The highest BCUT2D eigenvalue weighted by atomic mass is 16.3. The molecular weight excluding hydrogens is 1690 g/mol. The van der Waals surface area contributed by atoms with Gasteiger partial charge in [-0.2, -0.15) is 5.26 Å². The van der Waals surface area contributed by atoms with E-state index in [1.807, 2.05) is 66.7 Å². The topological polar surface area (TPSA) is 92.8 Å². The predicted molar refractivity (Wildman–Crippen MR) is 581 cm³/mol. The Morgan fingerprint density at radius 2 is 0.475 bits per heavy atom. The van der Waals surface area contributed by atoms with E-state index >= 15 is 0 Å². The Balaban J connectivity index is 0.000000111. The first-order valence-electron chi connectivity index (χ1n) is 46.8. The Hall–Kier alpha value is -18.9. The van der Waals surface area contributed by atoms with Gasteiger partial charge in [-0.3, -0.25) is 0 Å². The quantitative estimate of drug-likeness (QED) is 0.0946. The summed E-state index contributed by atoms with van der Waals surface area (Å²) in [5, 5.41) is 33.9. The standard InChI is InChI=1S/C46H28N2O.C46H28N2.C40H24N2/c1-3-11-33-25-35(23-17-29(33)9-1)40-28-43(36-24-18-30-10-2-4-12-34(30)26-36)47-45-38-14-6-5-13-37(38)39(27-41(40)45)31-19-21-32(22-20-31)46-48-42-15-7-8-16-44(42)49-46;47-29-30-13-15-33(16-14-30)34-17-21-35(22-18-34)42-27-44-43(38-23-19-31-7-1-3-9-36(31)25-38)28-45(48-46(44)41-12-6-5-11-40(41)42)39-24-20-32-8-2-4-10-37(32)26-39;1-41-33-14-8-13-30(23-33)36-24-38-37(31-19-17-26-9-2-4-11-28(26)21-31)25-39(42-40(38)35-16-7-6-15-34(35)36)32-20-18-27-10-3-5-12-29(27)22-32/h1-28H;1-28H;2-25H. The van der Waals surface area contributed by atoms with Crippen LogP contribution in [0.1, 0.15) is 5.56 Å². The zero-order chi connectivity index (χ0) is 92.4. The van der Waals surface area contributed by atoms with Gasteiger partial charge in [0.05, 0.1) is 51.8 Å². The SMILES string of the molecule is N#Cc1ccc(-c2ccc(-c3cc4c(-c5ccc6ccccc6c5)cc(-c5ccc6ccccc6c5)nc4c4ccccc34)cc2)cc1.[C-]#[N+]c1cccc(-c2cc3c(-c4ccc5ccccc5c4)cc(-c4ccc5ccccc5c4)nc3c3ccccc23)c1.c1ccc2cc(-c3cc(-c4ccc5ccccc5c4)c4cc(-c5ccc(-c6nc7ccccc7o6)cc5)c5ccccc5c4n3)ccc2c1. The summed E-state index contributed by atoms with van der Waals surface area (Å²) in [6.45, 7) is 7.58. The van der Waals surface area contributed by atoms with Crippen molar-refractivity contribution >= 4 is 146 Å². The number of hydrogen-bond donors (Lipinski definition) is 0. The van der Waals surface area contributed by atoms with Gasteiger partial charge in [0.2, 0.25) is 5.89 Å². The summed E-state index contributed by atoms with van der Waals surface area (Å²) < 4.78 is 6.07. The fourth-order valence-corrected chi connectivity index (χ4v) is 20.3. The molecule has 0 aliphatic rings. The largest absolute Gasteiger partial charge is 0.436 e. The number of fused-ring (bicyclic) bond motifs is 16. The molecule has 0 aliphatic heterocycles. The first-order chi connectivity index (χ1) is 68.7. The Morgan fingerprint density at radius 1 is 0.201 bits per heavy atom. The van der Waals surface area contributed by atoms with Crippen molar-refractivity contribution in [1.29, 1.82) is 5.26 Å². The molecular formula is C132H80N6O. The predicted octanol–water partition coefficient (Wildman–Crippen LogP) is 36.0. The van der Waals surface area contributed by atoms with Gasteiger partial charge >= 0.3 is 0 Å². The van der Waals surface area contributed by atoms with Crippen LogP contribution in [0.4, 0.5) is 5.69 Å². The molecule has 27 rings (SSSR count). The molecule has 0 atom stereocenters. The molecule has 139 heavy (non-hydrogen) atoms. The highest BCUT2D eigenvalue weighted by Crippen LogP contribution is 2.48. The second-order valence-electron chi connectivity index (χ2n) is 35.6. The molecule has 0 unspecified atom stereocenters. The van der Waals surface area contributed by atoms with E-state index in [4.69, 9.17) is 30.9 Å². The monoisotopic (exact) mass is 1760 g/mol. The number of benzene rings is 23. The smallest absolute Gasteiger partial charge is 0.227 e. The fourth-order valence-electron chi connectivity index (χ4n) is 20.3. The maximum Gasteiger partial charge on any atom is 0.227 e. The first-order valence-corrected chi connectivity index (χ1v) is 46.8. The number of para-hydroxylation sites is 2. The van der Waals surface area contributed by atoms with Crippen LogP contribution in [0.2, 0.25) is 0 Å². The van der Waals surface area contributed by atoms with Crippen molar-refractivity contribution in [3.05, 3.63) is 502 Å². The van der Waals surface area contributed by atoms with Crippen LogP contribution in [-0.2, 0) is 0 Å². The molecule has 0 radical (unpaired) electrons. The molecule has 4 heterocycles. The van der Waals surface area contributed by atoms with Crippen LogP contribution in [0.15, 0.2) is 490 Å². The van der Waals surface area contributed by atoms with Gasteiger partial charge < -0.3 is 4.42 Å². The van der Waals surface area contributed by atoms with Crippen molar-refractivity contribution in [2.24, 2.45) is 0 Å². The van der Waals surface area contributed by atoms with Crippen LogP contribution in [0.25, 0.3) is 269 Å². The lowest BCUT2D eigenvalue weighted by atomic mass is 9.90. The number of rotatable bonds is 11. The van der Waals surface area contributed by atoms with Crippen molar-refractivity contribution in [3.63, 3.8) is 0 Å². The van der Waals surface area contributed by atoms with E-state index in [1.54, 1.807) is 0 Å². The summed E-state index contributed by atoms with van der Waals surface area (Å²) in [6.07, 6.45) is 0. The molecule has 0 bridgehead atoms. The van der Waals surface area contributed by atoms with E-state index in [-0.39, 0.29) is 0 Å². The van der Waals surface area contributed by atoms with E-state index in [0.717, 1.165) is 171 Å². The molecule has 4 aromatic heterocycles. The lowest BCUT2D eigenvalue weighted by Crippen LogP contribution is -1.93. The van der Waals surface area contributed by atoms with Gasteiger partial charge in [-0.1, -0.05) is 370 Å². The van der Waals surface area contributed by atoms with Crippen molar-refractivity contribution < 1.29 is 4.42 Å². The zero-order valence-electron chi connectivity index (χ0n) is 75.3. The average molecular weight is 1770 g/mol. The fraction of sp³-hybridized carbons (Fsp3) is 0. The Labute approximate surface area is 801 Å². The highest BCUT2D eigenvalue weighted by molar-refractivity contribution is 6.20. The molecule has 0 saturated carbocycles. The maximum absolute atomic E-state index is 9.22. The van der Waals surface area contributed by atoms with Crippen molar-refractivity contribution in [2.75, 3.05) is 0 Å². The maximum atomic E-state index is 9.22. The minimum absolute atomic E-state index is 0.625. The molecule has 0 spiro atoms. The van der Waals surface area contributed by atoms with Gasteiger partial charge in [-0.05, 0) is 274 Å². The molecule has 0 aliphatic carbocycles. The van der Waals surface area contributed by atoms with E-state index in [2.05, 4.69) is 429 Å². The van der Waals surface area contributed by atoms with Crippen molar-refractivity contribution in [2.45, 2.75) is 0 Å². The third-order valence-corrected chi connectivity index (χ3v) is 27.3. The normalized spacial score (nSPS) is 11.4. The van der Waals surface area contributed by atoms with Crippen molar-refractivity contribution in [1.82, 2.24) is 19.9 Å². The van der Waals surface area contributed by atoms with Crippen molar-refractivity contribution in [3.8, 4) is 129 Å². The van der Waals surface area contributed by atoms with Crippen LogP contribution in [0.3, 0.4) is 0 Å². The molecule has 0 saturated heterocycles. The summed E-state index contributed by atoms with van der Waals surface area (Å²) >= 11 is 0. The van der Waals surface area contributed by atoms with Crippen LogP contribution < -0.4 is 0 Å². The number of hydrogen-bond acceptors (Lipinski definition) is 6. The molecule has 0 N–H and O–H groups in total. The minimum atomic E-state index is 0.625. The van der Waals surface area contributed by atoms with Gasteiger partial charge in [-0.15, -0.1) is 0 Å². The number of nitriles is 1. The van der Waals surface area contributed by atoms with E-state index in [1.165, 1.54) is 86.7 Å². The molecule has 7 heteroatoms. The second-order valence-corrected chi connectivity index (χ2v) is 35.6. The number of oxazole rings is 1. The second kappa shape index (κ2) is 34.9. The van der Waals surface area contributed by atoms with Crippen LogP contribution >= 0.6 is 0 Å². The highest BCUT2D eigenvalue weighted by Gasteiger charge is 2.23. The van der Waals surface area contributed by atoms with E-state index < -0.39 is 0 Å². The lowest BCUT2D eigenvalue weighted by Gasteiger charge is -2.16. The summed E-state index contributed by atoms with van der Waals surface area (Å²) in [5.41, 5.74) is 28.9. The molecule has 23 aromatic carbocycles. The summed E-state index contributed by atoms with van der Waals surface area (Å²) in [5.74, 6) is 0.625. The Kier molecular flexibility index (Phi) is 20.6. The summed E-state index contributed by atoms with van der Waals surface area (Å²) in [4.78, 5) is 24.6. The number of pyridine rings is 3. The minimum Gasteiger partial charge on any atom is -0.436 e. The van der Waals surface area contributed by atoms with Gasteiger partial charge in [0.15, 0.2) is 11.3 Å². The first kappa shape index (κ1) is 82.0. The molecule has 7 nitrogen and oxygen atoms in total. The van der Waals surface area contributed by atoms with E-state index in [0.29, 0.717) is 17.1 Å². The third-order valence-electron chi connectivity index (χ3n) is 27.3. The molecule has 644 valence electrons. The Morgan fingerprint density at radius 3 is 0.827 bits per heavy atom. The van der Waals surface area contributed by atoms with Crippen LogP contribution in [0, 0.1) is 17.9 Å². The van der Waals surface area contributed by atoms with Crippen LogP contribution in [0.5, 0.6) is 0 Å². The zero-order valence-corrected chi connectivity index (χ0v) is 75.3. The molecule has 27 aromatic rings. The molecule has 0 amide bonds. The van der Waals surface area contributed by atoms with Gasteiger partial charge in [0, 0.05) is 54.6 Å². The number of aromatic nitrogens is 4. The molecule has 0 fully saturated rings. The van der Waals surface area contributed by atoms with Gasteiger partial charge in [-0.25, -0.2) is 24.8 Å².